The van der Waals surface area contributed by atoms with E-state index in [1.807, 2.05) is 6.92 Å². The first-order chi connectivity index (χ1) is 8.10. The molecule has 0 fully saturated rings. The highest BCUT2D eigenvalue weighted by Gasteiger charge is 2.10. The van der Waals surface area contributed by atoms with Crippen LogP contribution in [-0.2, 0) is 6.54 Å². The number of aryl methyl sites for hydroxylation is 1. The number of hydrogen-bond acceptors (Lipinski definition) is 6. The molecule has 0 aromatic carbocycles. The Hall–Kier alpha value is -1.83. The van der Waals surface area contributed by atoms with Crippen molar-refractivity contribution in [2.24, 2.45) is 0 Å². The zero-order valence-electron chi connectivity index (χ0n) is 9.47. The van der Waals surface area contributed by atoms with Gasteiger partial charge in [-0.25, -0.2) is 19.9 Å². The zero-order valence-corrected chi connectivity index (χ0v) is 10.3. The van der Waals surface area contributed by atoms with Gasteiger partial charge in [0.25, 0.3) is 0 Å². The lowest BCUT2D eigenvalue weighted by Crippen LogP contribution is -2.16. The number of nitrogens with two attached hydrogens (primary N) is 1. The molecule has 0 aliphatic rings. The van der Waals surface area contributed by atoms with Gasteiger partial charge in [-0.15, -0.1) is 5.10 Å². The fourth-order valence-corrected chi connectivity index (χ4v) is 2.33. The molecule has 17 heavy (non-hydrogen) atoms. The van der Waals surface area contributed by atoms with Gasteiger partial charge in [0, 0.05) is 12.6 Å². The van der Waals surface area contributed by atoms with Crippen molar-refractivity contribution in [3.05, 3.63) is 22.4 Å². The molecule has 2 rings (SSSR count). The van der Waals surface area contributed by atoms with Gasteiger partial charge in [0.05, 0.1) is 0 Å². The molecule has 0 aliphatic carbocycles. The summed E-state index contributed by atoms with van der Waals surface area (Å²) in [7, 11) is 0. The molecule has 0 bridgehead atoms. The lowest BCUT2D eigenvalue weighted by Gasteiger charge is -2.03. The molecule has 0 radical (unpaired) electrons. The van der Waals surface area contributed by atoms with Crippen molar-refractivity contribution < 1.29 is 0 Å². The molecule has 0 saturated carbocycles. The largest absolute Gasteiger partial charge is 0.384 e. The second-order valence-corrected chi connectivity index (χ2v) is 4.32. The van der Waals surface area contributed by atoms with Gasteiger partial charge in [-0.3, -0.25) is 4.57 Å². The molecule has 8 heteroatoms. The van der Waals surface area contributed by atoms with Gasteiger partial charge < -0.3 is 5.73 Å². The van der Waals surface area contributed by atoms with Gasteiger partial charge in [0.15, 0.2) is 5.16 Å². The van der Waals surface area contributed by atoms with Crippen LogP contribution in [0.15, 0.2) is 21.0 Å². The number of nitrogens with one attached hydrogen (secondary N) is 1. The first-order valence-corrected chi connectivity index (χ1v) is 5.86. The summed E-state index contributed by atoms with van der Waals surface area (Å²) >= 11 is 1.28. The van der Waals surface area contributed by atoms with Crippen LogP contribution in [-0.4, -0.2) is 24.7 Å². The monoisotopic (exact) mass is 252 g/mol. The molecule has 0 aliphatic heterocycles. The van der Waals surface area contributed by atoms with Crippen molar-refractivity contribution >= 4 is 17.6 Å². The first-order valence-electron chi connectivity index (χ1n) is 5.04. The topological polar surface area (TPSA) is 102 Å². The smallest absolute Gasteiger partial charge is 0.343 e. The number of aromatic nitrogens is 5. The molecule has 0 spiro atoms. The van der Waals surface area contributed by atoms with E-state index in [2.05, 4.69) is 20.2 Å². The number of hydrogen-bond donors (Lipinski definition) is 2. The predicted octanol–water partition coefficient (Wildman–Crippen LogP) is 0.423. The summed E-state index contributed by atoms with van der Waals surface area (Å²) in [6, 6.07) is 1.65. The average Bonchev–Trinajstić information content (AvgIpc) is 2.57. The van der Waals surface area contributed by atoms with Gasteiger partial charge in [-0.2, -0.15) is 0 Å². The van der Waals surface area contributed by atoms with E-state index in [1.54, 1.807) is 13.0 Å². The molecule has 2 aromatic heterocycles. The van der Waals surface area contributed by atoms with Gasteiger partial charge in [-0.1, -0.05) is 0 Å². The predicted molar refractivity (Wildman–Crippen MR) is 63.8 cm³/mol. The number of anilines is 1. The summed E-state index contributed by atoms with van der Waals surface area (Å²) < 4.78 is 1.53. The Balaban J connectivity index is 2.34. The van der Waals surface area contributed by atoms with Crippen molar-refractivity contribution in [2.45, 2.75) is 30.6 Å². The minimum atomic E-state index is -0.228. The number of aromatic amines is 1. The Morgan fingerprint density at radius 1 is 1.53 bits per heavy atom. The van der Waals surface area contributed by atoms with Crippen molar-refractivity contribution in [1.29, 1.82) is 0 Å². The van der Waals surface area contributed by atoms with E-state index in [-0.39, 0.29) is 5.69 Å². The maximum absolute atomic E-state index is 11.4. The number of nitrogens with zero attached hydrogens (tertiary/aromatic N) is 4. The third-order valence-corrected chi connectivity index (χ3v) is 2.98. The van der Waals surface area contributed by atoms with Crippen molar-refractivity contribution in [3.8, 4) is 0 Å². The third kappa shape index (κ3) is 2.47. The molecule has 0 amide bonds. The fraction of sp³-hybridized carbons (Fsp3) is 0.333. The van der Waals surface area contributed by atoms with Gasteiger partial charge in [0.1, 0.15) is 16.7 Å². The highest BCUT2D eigenvalue weighted by atomic mass is 32.2. The Bertz CT molecular complexity index is 569. The van der Waals surface area contributed by atoms with Crippen molar-refractivity contribution in [2.75, 3.05) is 5.73 Å². The van der Waals surface area contributed by atoms with Crippen LogP contribution >= 0.6 is 11.8 Å². The molecule has 7 nitrogen and oxygen atoms in total. The molecule has 90 valence electrons. The molecule has 0 unspecified atom stereocenters. The molecular formula is C9H12N6OS. The van der Waals surface area contributed by atoms with E-state index in [0.29, 0.717) is 28.4 Å². The quantitative estimate of drug-likeness (QED) is 0.768. The molecule has 3 N–H and O–H groups in total. The van der Waals surface area contributed by atoms with Crippen LogP contribution in [0.25, 0.3) is 0 Å². The van der Waals surface area contributed by atoms with E-state index in [9.17, 15) is 4.79 Å². The minimum Gasteiger partial charge on any atom is -0.384 e. The standard InChI is InChI=1S/C9H12N6OS/c1-3-15-8(16)13-14-9(15)17-7-4-6(10)11-5(2)12-7/h4H,3H2,1-2H3,(H,13,16)(H2,10,11,12). The highest BCUT2D eigenvalue weighted by molar-refractivity contribution is 7.99. The summed E-state index contributed by atoms with van der Waals surface area (Å²) in [6.45, 7) is 4.19. The van der Waals surface area contributed by atoms with Crippen LogP contribution in [0, 0.1) is 6.92 Å². The molecule has 0 saturated heterocycles. The van der Waals surface area contributed by atoms with Crippen LogP contribution in [0.1, 0.15) is 12.7 Å². The Labute approximate surface area is 101 Å². The second kappa shape index (κ2) is 4.58. The van der Waals surface area contributed by atoms with Crippen LogP contribution in [0.2, 0.25) is 0 Å². The molecule has 2 heterocycles. The van der Waals surface area contributed by atoms with Crippen molar-refractivity contribution in [1.82, 2.24) is 24.7 Å². The van der Waals surface area contributed by atoms with E-state index in [0.717, 1.165) is 0 Å². The summed E-state index contributed by atoms with van der Waals surface area (Å²) in [6.07, 6.45) is 0. The van der Waals surface area contributed by atoms with Crippen LogP contribution < -0.4 is 11.4 Å². The molecular weight excluding hydrogens is 240 g/mol. The number of nitrogen functional groups attached to an aromatic ring is 1. The minimum absolute atomic E-state index is 0.228. The van der Waals surface area contributed by atoms with Gasteiger partial charge in [-0.05, 0) is 25.6 Å². The SMILES string of the molecule is CCn1c(Sc2cc(N)nc(C)n2)n[nH]c1=O. The normalized spacial score (nSPS) is 10.7. The second-order valence-electron chi connectivity index (χ2n) is 3.34. The number of rotatable bonds is 3. The zero-order chi connectivity index (χ0) is 12.4. The summed E-state index contributed by atoms with van der Waals surface area (Å²) in [5.74, 6) is 0.995. The lowest BCUT2D eigenvalue weighted by atomic mass is 10.5. The average molecular weight is 252 g/mol. The van der Waals surface area contributed by atoms with Crippen LogP contribution in [0.3, 0.4) is 0 Å². The number of H-pyrrole nitrogens is 1. The van der Waals surface area contributed by atoms with E-state index in [4.69, 9.17) is 5.73 Å². The summed E-state index contributed by atoms with van der Waals surface area (Å²) in [5.41, 5.74) is 5.40. The van der Waals surface area contributed by atoms with E-state index >= 15 is 0 Å². The summed E-state index contributed by atoms with van der Waals surface area (Å²) in [4.78, 5) is 19.6. The summed E-state index contributed by atoms with van der Waals surface area (Å²) in [5, 5.41) is 7.56. The fourth-order valence-electron chi connectivity index (χ4n) is 1.37. The van der Waals surface area contributed by atoms with Gasteiger partial charge in [0.2, 0.25) is 0 Å². The third-order valence-electron chi connectivity index (χ3n) is 2.07. The first kappa shape index (κ1) is 11.6. The highest BCUT2D eigenvalue weighted by Crippen LogP contribution is 2.23. The molecule has 2 aromatic rings. The lowest BCUT2D eigenvalue weighted by molar-refractivity contribution is 0.660. The Morgan fingerprint density at radius 2 is 2.29 bits per heavy atom. The van der Waals surface area contributed by atoms with Crippen LogP contribution in [0.5, 0.6) is 0 Å². The Kier molecular flexibility index (Phi) is 3.14. The van der Waals surface area contributed by atoms with Gasteiger partial charge >= 0.3 is 5.69 Å². The maximum Gasteiger partial charge on any atom is 0.343 e. The van der Waals surface area contributed by atoms with Crippen LogP contribution in [0.4, 0.5) is 5.82 Å². The van der Waals surface area contributed by atoms with E-state index < -0.39 is 0 Å². The van der Waals surface area contributed by atoms with E-state index in [1.165, 1.54) is 16.3 Å². The van der Waals surface area contributed by atoms with Crippen molar-refractivity contribution in [3.63, 3.8) is 0 Å². The molecule has 0 atom stereocenters. The Morgan fingerprint density at radius 3 is 2.94 bits per heavy atom. The maximum atomic E-state index is 11.4.